The Kier molecular flexibility index (Phi) is 5.73. The molecule has 0 amide bonds. The Labute approximate surface area is 102 Å². The lowest BCUT2D eigenvalue weighted by atomic mass is 10.4. The van der Waals surface area contributed by atoms with E-state index in [0.717, 1.165) is 30.5 Å². The topological polar surface area (TPSA) is 31.4 Å². The van der Waals surface area contributed by atoms with E-state index in [0.29, 0.717) is 0 Å². The molecule has 0 spiro atoms. The number of aromatic nitrogens is 1. The number of hydrogen-bond acceptors (Lipinski definition) is 5. The van der Waals surface area contributed by atoms with E-state index in [-0.39, 0.29) is 0 Å². The first-order valence-corrected chi connectivity index (χ1v) is 6.46. The van der Waals surface area contributed by atoms with Gasteiger partial charge in [0, 0.05) is 25.5 Å². The molecular weight excluding hydrogens is 220 g/mol. The maximum absolute atomic E-state index is 4.57. The second kappa shape index (κ2) is 6.83. The SMILES string of the molecule is CNCc1csc(N(C)CCCN(C)C)n1. The molecule has 0 aliphatic heterocycles. The third-order valence-corrected chi connectivity index (χ3v) is 3.33. The van der Waals surface area contributed by atoms with Crippen LogP contribution in [0, 0.1) is 0 Å². The molecule has 0 atom stereocenters. The van der Waals surface area contributed by atoms with Crippen LogP contribution in [0.3, 0.4) is 0 Å². The second-order valence-electron chi connectivity index (χ2n) is 4.23. The Morgan fingerprint density at radius 2 is 2.06 bits per heavy atom. The first-order valence-electron chi connectivity index (χ1n) is 5.58. The Hall–Kier alpha value is -0.650. The molecule has 4 nitrogen and oxygen atoms in total. The largest absolute Gasteiger partial charge is 0.351 e. The molecule has 1 aromatic heterocycles. The van der Waals surface area contributed by atoms with Crippen molar-refractivity contribution in [2.75, 3.05) is 46.2 Å². The molecule has 0 aliphatic rings. The summed E-state index contributed by atoms with van der Waals surface area (Å²) in [6.07, 6.45) is 1.17. The van der Waals surface area contributed by atoms with Gasteiger partial charge in [0.05, 0.1) is 5.69 Å². The molecule has 0 bridgehead atoms. The average molecular weight is 242 g/mol. The summed E-state index contributed by atoms with van der Waals surface area (Å²) in [6, 6.07) is 0. The molecule has 1 heterocycles. The highest BCUT2D eigenvalue weighted by molar-refractivity contribution is 7.13. The number of hydrogen-bond donors (Lipinski definition) is 1. The van der Waals surface area contributed by atoms with Gasteiger partial charge in [-0.1, -0.05) is 0 Å². The molecule has 0 saturated carbocycles. The minimum absolute atomic E-state index is 0.849. The van der Waals surface area contributed by atoms with E-state index in [1.54, 1.807) is 11.3 Å². The van der Waals surface area contributed by atoms with Crippen molar-refractivity contribution >= 4 is 16.5 Å². The first kappa shape index (κ1) is 13.4. The van der Waals surface area contributed by atoms with Crippen molar-refractivity contribution in [3.8, 4) is 0 Å². The van der Waals surface area contributed by atoms with Gasteiger partial charge in [-0.25, -0.2) is 4.98 Å². The molecule has 0 aromatic carbocycles. The van der Waals surface area contributed by atoms with Crippen LogP contribution in [0.25, 0.3) is 0 Å². The van der Waals surface area contributed by atoms with Gasteiger partial charge in [-0.3, -0.25) is 0 Å². The maximum atomic E-state index is 4.57. The minimum atomic E-state index is 0.849. The van der Waals surface area contributed by atoms with Gasteiger partial charge in [0.25, 0.3) is 0 Å². The molecule has 0 saturated heterocycles. The molecule has 5 heteroatoms. The van der Waals surface area contributed by atoms with E-state index in [1.165, 1.54) is 6.42 Å². The van der Waals surface area contributed by atoms with Gasteiger partial charge in [-0.05, 0) is 34.1 Å². The van der Waals surface area contributed by atoms with Gasteiger partial charge in [0.15, 0.2) is 5.13 Å². The lowest BCUT2D eigenvalue weighted by Crippen LogP contribution is -2.23. The zero-order chi connectivity index (χ0) is 12.0. The van der Waals surface area contributed by atoms with Crippen molar-refractivity contribution in [2.24, 2.45) is 0 Å². The molecule has 0 aliphatic carbocycles. The molecule has 92 valence electrons. The zero-order valence-corrected chi connectivity index (χ0v) is 11.5. The van der Waals surface area contributed by atoms with E-state index in [9.17, 15) is 0 Å². The van der Waals surface area contributed by atoms with Gasteiger partial charge < -0.3 is 15.1 Å². The lowest BCUT2D eigenvalue weighted by Gasteiger charge is -2.17. The van der Waals surface area contributed by atoms with E-state index < -0.39 is 0 Å². The number of thiazole rings is 1. The van der Waals surface area contributed by atoms with Crippen molar-refractivity contribution < 1.29 is 0 Å². The summed E-state index contributed by atoms with van der Waals surface area (Å²) in [5.41, 5.74) is 1.13. The van der Waals surface area contributed by atoms with E-state index in [1.807, 2.05) is 7.05 Å². The highest BCUT2D eigenvalue weighted by Crippen LogP contribution is 2.19. The number of rotatable bonds is 7. The van der Waals surface area contributed by atoms with Crippen LogP contribution < -0.4 is 10.2 Å². The van der Waals surface area contributed by atoms with Crippen molar-refractivity contribution in [3.63, 3.8) is 0 Å². The number of anilines is 1. The molecule has 0 radical (unpaired) electrons. The Morgan fingerprint density at radius 1 is 1.31 bits per heavy atom. The monoisotopic (exact) mass is 242 g/mol. The Balaban J connectivity index is 2.36. The summed E-state index contributed by atoms with van der Waals surface area (Å²) in [5, 5.41) is 6.35. The van der Waals surface area contributed by atoms with Crippen molar-refractivity contribution in [2.45, 2.75) is 13.0 Å². The zero-order valence-electron chi connectivity index (χ0n) is 10.7. The molecule has 16 heavy (non-hydrogen) atoms. The third-order valence-electron chi connectivity index (χ3n) is 2.32. The van der Waals surface area contributed by atoms with Crippen LogP contribution in [-0.2, 0) is 6.54 Å². The van der Waals surface area contributed by atoms with Crippen LogP contribution in [0.5, 0.6) is 0 Å². The van der Waals surface area contributed by atoms with Gasteiger partial charge >= 0.3 is 0 Å². The van der Waals surface area contributed by atoms with Crippen LogP contribution in [0.2, 0.25) is 0 Å². The molecule has 0 unspecified atom stereocenters. The molecule has 1 aromatic rings. The number of nitrogens with zero attached hydrogens (tertiary/aromatic N) is 3. The van der Waals surface area contributed by atoms with Gasteiger partial charge in [-0.2, -0.15) is 0 Å². The second-order valence-corrected chi connectivity index (χ2v) is 5.07. The fourth-order valence-corrected chi connectivity index (χ4v) is 2.27. The van der Waals surface area contributed by atoms with Crippen LogP contribution in [0.1, 0.15) is 12.1 Å². The highest BCUT2D eigenvalue weighted by Gasteiger charge is 2.06. The predicted octanol–water partition coefficient (Wildman–Crippen LogP) is 1.25. The van der Waals surface area contributed by atoms with Crippen molar-refractivity contribution in [1.82, 2.24) is 15.2 Å². The summed E-state index contributed by atoms with van der Waals surface area (Å²) in [7, 11) is 8.26. The van der Waals surface area contributed by atoms with Gasteiger partial charge in [-0.15, -0.1) is 11.3 Å². The van der Waals surface area contributed by atoms with Crippen molar-refractivity contribution in [1.29, 1.82) is 0 Å². The Bertz CT molecular complexity index is 298. The summed E-state index contributed by atoms with van der Waals surface area (Å²) >= 11 is 1.72. The summed E-state index contributed by atoms with van der Waals surface area (Å²) in [5.74, 6) is 0. The normalized spacial score (nSPS) is 11.1. The van der Waals surface area contributed by atoms with Crippen LogP contribution >= 0.6 is 11.3 Å². The summed E-state index contributed by atoms with van der Waals surface area (Å²) in [6.45, 7) is 3.03. The van der Waals surface area contributed by atoms with Gasteiger partial charge in [0.2, 0.25) is 0 Å². The van der Waals surface area contributed by atoms with E-state index in [2.05, 4.69) is 46.6 Å². The highest BCUT2D eigenvalue weighted by atomic mass is 32.1. The van der Waals surface area contributed by atoms with Crippen LogP contribution in [0.15, 0.2) is 5.38 Å². The van der Waals surface area contributed by atoms with Crippen molar-refractivity contribution in [3.05, 3.63) is 11.1 Å². The smallest absolute Gasteiger partial charge is 0.185 e. The third kappa shape index (κ3) is 4.47. The average Bonchev–Trinajstić information content (AvgIpc) is 2.66. The number of nitrogens with one attached hydrogen (secondary N) is 1. The fourth-order valence-electron chi connectivity index (χ4n) is 1.45. The predicted molar refractivity (Wildman–Crippen MR) is 71.3 cm³/mol. The quantitative estimate of drug-likeness (QED) is 0.780. The Morgan fingerprint density at radius 3 is 2.69 bits per heavy atom. The first-order chi connectivity index (χ1) is 7.63. The van der Waals surface area contributed by atoms with Gasteiger partial charge in [0.1, 0.15) is 0 Å². The fraction of sp³-hybridized carbons (Fsp3) is 0.727. The minimum Gasteiger partial charge on any atom is -0.351 e. The summed E-state index contributed by atoms with van der Waals surface area (Å²) in [4.78, 5) is 9.01. The van der Waals surface area contributed by atoms with Crippen LogP contribution in [0.4, 0.5) is 5.13 Å². The summed E-state index contributed by atoms with van der Waals surface area (Å²) < 4.78 is 0. The molecular formula is C11H22N4S. The molecule has 1 N–H and O–H groups in total. The standard InChI is InChI=1S/C11H22N4S/c1-12-8-10-9-16-11(13-10)15(4)7-5-6-14(2)3/h9,12H,5-8H2,1-4H3. The molecule has 0 fully saturated rings. The lowest BCUT2D eigenvalue weighted by molar-refractivity contribution is 0.401. The van der Waals surface area contributed by atoms with Crippen LogP contribution in [-0.4, -0.2) is 51.2 Å². The molecule has 1 rings (SSSR count). The van der Waals surface area contributed by atoms with E-state index >= 15 is 0 Å². The van der Waals surface area contributed by atoms with E-state index in [4.69, 9.17) is 0 Å². The maximum Gasteiger partial charge on any atom is 0.185 e.